The van der Waals surface area contributed by atoms with Crippen molar-refractivity contribution in [2.45, 2.75) is 102 Å². The molecular weight excluding hydrogens is 680 g/mol. The third-order valence-corrected chi connectivity index (χ3v) is 11.6. The number of nitrogens with one attached hydrogen (secondary N) is 2. The lowest BCUT2D eigenvalue weighted by Gasteiger charge is -2.44. The molecule has 280 valence electrons. The number of H-pyrrole nitrogens is 2. The fraction of sp³-hybridized carbons (Fsp3) is 0.475. The van der Waals surface area contributed by atoms with Gasteiger partial charge < -0.3 is 24.9 Å². The third-order valence-electron chi connectivity index (χ3n) is 11.6. The Labute approximate surface area is 307 Å². The predicted octanol–water partition coefficient (Wildman–Crippen LogP) is 8.06. The number of alkyl halides is 2. The second-order valence-electron chi connectivity index (χ2n) is 15.3. The van der Waals surface area contributed by atoms with Crippen LogP contribution in [0.3, 0.4) is 0 Å². The maximum absolute atomic E-state index is 14.0. The molecule has 3 N–H and O–H groups in total. The van der Waals surface area contributed by atoms with Crippen molar-refractivity contribution in [1.82, 2.24) is 34.6 Å². The number of aromatic nitrogens is 4. The molecule has 3 amide bonds. The summed E-state index contributed by atoms with van der Waals surface area (Å²) in [6.45, 7) is 5.79. The number of halogens is 2. The number of amides is 3. The first-order chi connectivity index (χ1) is 25.3. The average molecular weight is 728 g/mol. The summed E-state index contributed by atoms with van der Waals surface area (Å²) in [7, 11) is 1.44. The molecule has 53 heavy (non-hydrogen) atoms. The van der Waals surface area contributed by atoms with E-state index in [1.54, 1.807) is 4.90 Å². The van der Waals surface area contributed by atoms with E-state index in [0.717, 1.165) is 51.4 Å². The van der Waals surface area contributed by atoms with Crippen molar-refractivity contribution in [3.63, 3.8) is 0 Å². The maximum Gasteiger partial charge on any atom is 0.407 e. The number of nitrogens with zero attached hydrogens (tertiary/aromatic N) is 5. The highest BCUT2D eigenvalue weighted by molar-refractivity contribution is 5.86. The molecule has 3 fully saturated rings. The monoisotopic (exact) mass is 727 g/mol. The fourth-order valence-corrected chi connectivity index (χ4v) is 8.85. The van der Waals surface area contributed by atoms with Gasteiger partial charge in [0.15, 0.2) is 0 Å². The van der Waals surface area contributed by atoms with Crippen LogP contribution >= 0.6 is 0 Å². The van der Waals surface area contributed by atoms with Crippen LogP contribution in [-0.2, 0) is 9.59 Å². The maximum atomic E-state index is 14.0. The van der Waals surface area contributed by atoms with Gasteiger partial charge in [0.05, 0.1) is 23.5 Å². The summed E-state index contributed by atoms with van der Waals surface area (Å²) in [6, 6.07) is 14.9. The summed E-state index contributed by atoms with van der Waals surface area (Å²) < 4.78 is 28.0. The van der Waals surface area contributed by atoms with Crippen LogP contribution in [0, 0.1) is 5.92 Å². The number of rotatable bonds is 8. The number of hydrogen-bond acceptors (Lipinski definition) is 5. The zero-order valence-electron chi connectivity index (χ0n) is 30.6. The molecule has 4 aromatic rings. The molecule has 1 aliphatic carbocycles. The highest BCUT2D eigenvalue weighted by Crippen LogP contribution is 2.52. The molecule has 0 bridgehead atoms. The summed E-state index contributed by atoms with van der Waals surface area (Å²) in [5.74, 6) is -1.77. The van der Waals surface area contributed by atoms with Gasteiger partial charge in [0.1, 0.15) is 17.7 Å². The minimum atomic E-state index is -2.66. The number of likely N-dealkylation sites (N-methyl/N-ethyl adjacent to an activating group) is 1. The summed E-state index contributed by atoms with van der Waals surface area (Å²) in [6.07, 6.45) is 5.75. The lowest BCUT2D eigenvalue weighted by molar-refractivity contribution is -0.142. The predicted molar refractivity (Wildman–Crippen MR) is 196 cm³/mol. The number of hydrogen-bond donors (Lipinski definition) is 3. The van der Waals surface area contributed by atoms with E-state index >= 15 is 0 Å². The van der Waals surface area contributed by atoms with Crippen LogP contribution in [-0.4, -0.2) is 88.7 Å². The van der Waals surface area contributed by atoms with E-state index in [1.165, 1.54) is 14.0 Å². The lowest BCUT2D eigenvalue weighted by Crippen LogP contribution is -2.51. The first kappa shape index (κ1) is 36.3. The van der Waals surface area contributed by atoms with E-state index in [2.05, 4.69) is 9.97 Å². The summed E-state index contributed by atoms with van der Waals surface area (Å²) >= 11 is 0. The van der Waals surface area contributed by atoms with Crippen LogP contribution in [0.2, 0.25) is 0 Å². The zero-order valence-corrected chi connectivity index (χ0v) is 30.6. The first-order valence-corrected chi connectivity index (χ1v) is 18.5. The highest BCUT2D eigenvalue weighted by atomic mass is 19.3. The van der Waals surface area contributed by atoms with Crippen LogP contribution in [0.15, 0.2) is 60.9 Å². The number of carbonyl (C=O) groups is 3. The number of imidazole rings is 2. The summed E-state index contributed by atoms with van der Waals surface area (Å²) in [5.41, 5.74) is 4.89. The van der Waals surface area contributed by atoms with E-state index < -0.39 is 23.6 Å². The molecule has 4 heterocycles. The molecule has 1 unspecified atom stereocenters. The number of carbonyl (C=O) groups excluding carboxylic acids is 2. The molecule has 7 rings (SSSR count). The Kier molecular flexibility index (Phi) is 9.62. The van der Waals surface area contributed by atoms with Gasteiger partial charge in [-0.05, 0) is 55.6 Å². The molecule has 2 saturated heterocycles. The normalized spacial score (nSPS) is 21.3. The second-order valence-corrected chi connectivity index (χ2v) is 15.3. The lowest BCUT2D eigenvalue weighted by atomic mass is 9.78. The quantitative estimate of drug-likeness (QED) is 0.168. The first-order valence-electron chi connectivity index (χ1n) is 18.5. The van der Waals surface area contributed by atoms with Gasteiger partial charge in [-0.25, -0.2) is 23.5 Å². The Bertz CT molecular complexity index is 1960. The molecule has 3 atom stereocenters. The van der Waals surface area contributed by atoms with Gasteiger partial charge in [-0.1, -0.05) is 62.4 Å². The molecule has 1 saturated carbocycles. The Morgan fingerprint density at radius 1 is 0.811 bits per heavy atom. The van der Waals surface area contributed by atoms with Gasteiger partial charge in [0, 0.05) is 62.4 Å². The standard InChI is InChI=1S/C40H47F2N7O4/c1-24(2)34(47(4)38(52)53)37(51)48-21-5-6-32(48)35-43-22-30(45-35)28-11-7-26(8-12-28)27-9-13-29(14-10-27)31-23-44-36(46-31)33-15-16-39(49(33)25(3)50)17-19-40(41,42)20-18-39/h7-14,22-24,32-34H,5-6,15-21H2,1-4H3,(H,43,45)(H,44,46)(H,52,53)/t32-,33?,34-/m0/s1. The molecule has 3 aliphatic rings. The average Bonchev–Trinajstić information content (AvgIpc) is 3.96. The van der Waals surface area contributed by atoms with Crippen molar-refractivity contribution in [1.29, 1.82) is 0 Å². The Morgan fingerprint density at radius 3 is 1.81 bits per heavy atom. The Hall–Kier alpha value is -5.07. The molecule has 2 aliphatic heterocycles. The van der Waals surface area contributed by atoms with Gasteiger partial charge >= 0.3 is 6.09 Å². The van der Waals surface area contributed by atoms with Crippen LogP contribution in [0.25, 0.3) is 33.6 Å². The van der Waals surface area contributed by atoms with Gasteiger partial charge in [-0.15, -0.1) is 0 Å². The minimum Gasteiger partial charge on any atom is -0.465 e. The third kappa shape index (κ3) is 6.93. The van der Waals surface area contributed by atoms with Gasteiger partial charge in [0.2, 0.25) is 17.7 Å². The second kappa shape index (κ2) is 14.1. The minimum absolute atomic E-state index is 0.103. The van der Waals surface area contributed by atoms with Crippen LogP contribution in [0.4, 0.5) is 13.6 Å². The van der Waals surface area contributed by atoms with Crippen molar-refractivity contribution < 1.29 is 28.3 Å². The largest absolute Gasteiger partial charge is 0.465 e. The smallest absolute Gasteiger partial charge is 0.407 e. The Balaban J connectivity index is 1.02. The zero-order chi connectivity index (χ0) is 37.7. The van der Waals surface area contributed by atoms with Crippen molar-refractivity contribution >= 4 is 17.9 Å². The van der Waals surface area contributed by atoms with E-state index in [0.29, 0.717) is 43.9 Å². The fourth-order valence-electron chi connectivity index (χ4n) is 8.85. The van der Waals surface area contributed by atoms with Crippen LogP contribution < -0.4 is 0 Å². The van der Waals surface area contributed by atoms with Crippen LogP contribution in [0.5, 0.6) is 0 Å². The number of benzene rings is 2. The number of carboxylic acid groups (broad SMARTS) is 1. The molecule has 2 aromatic heterocycles. The SMILES string of the molecule is CC(=O)N1C(c2nc(-c3ccc(-c4ccc(-c5c[nH]c([C@@H]6CCCN6C(=O)[C@H](C(C)C)N(C)C(=O)O)n5)cc4)cc3)c[nH]2)CCC12CCC(F)(F)CC2. The van der Waals surface area contributed by atoms with Gasteiger partial charge in [0.25, 0.3) is 0 Å². The van der Waals surface area contributed by atoms with Crippen molar-refractivity contribution in [3.05, 3.63) is 72.6 Å². The number of likely N-dealkylation sites (tertiary alicyclic amines) is 2. The highest BCUT2D eigenvalue weighted by Gasteiger charge is 2.53. The molecule has 11 nitrogen and oxygen atoms in total. The summed E-state index contributed by atoms with van der Waals surface area (Å²) in [5, 5.41) is 9.57. The van der Waals surface area contributed by atoms with E-state index in [9.17, 15) is 28.3 Å². The molecular formula is C40H47F2N7O4. The van der Waals surface area contributed by atoms with Crippen molar-refractivity contribution in [2.24, 2.45) is 5.92 Å². The van der Waals surface area contributed by atoms with Crippen LogP contribution in [0.1, 0.15) is 95.9 Å². The van der Waals surface area contributed by atoms with Gasteiger partial charge in [-0.2, -0.15) is 0 Å². The van der Waals surface area contributed by atoms with E-state index in [-0.39, 0.29) is 42.7 Å². The molecule has 13 heteroatoms. The summed E-state index contributed by atoms with van der Waals surface area (Å²) in [4.78, 5) is 59.1. The van der Waals surface area contributed by atoms with Gasteiger partial charge in [-0.3, -0.25) is 14.5 Å². The van der Waals surface area contributed by atoms with Crippen molar-refractivity contribution in [2.75, 3.05) is 13.6 Å². The molecule has 2 aromatic carbocycles. The van der Waals surface area contributed by atoms with Crippen molar-refractivity contribution in [3.8, 4) is 33.6 Å². The molecule has 0 radical (unpaired) electrons. The topological polar surface area (TPSA) is 139 Å². The number of aromatic amines is 2. The molecule has 1 spiro atoms. The van der Waals surface area contributed by atoms with E-state index in [1.807, 2.05) is 79.7 Å². The Morgan fingerprint density at radius 2 is 1.32 bits per heavy atom. The van der Waals surface area contributed by atoms with E-state index in [4.69, 9.17) is 9.97 Å².